The Kier molecular flexibility index (Phi) is 4.94. The van der Waals surface area contributed by atoms with Crippen LogP contribution in [0.2, 0.25) is 0 Å². The Morgan fingerprint density at radius 2 is 2.07 bits per heavy atom. The lowest BCUT2D eigenvalue weighted by Gasteiger charge is -2.19. The first-order valence-electron chi connectivity index (χ1n) is 8.95. The fourth-order valence-electron chi connectivity index (χ4n) is 3.08. The minimum atomic E-state index is -0.954. The van der Waals surface area contributed by atoms with Gasteiger partial charge in [-0.2, -0.15) is 14.2 Å². The number of pyridine rings is 1. The summed E-state index contributed by atoms with van der Waals surface area (Å²) in [6.45, 7) is -0.135. The Labute approximate surface area is 165 Å². The number of carbonyl (C=O) groups excluding carboxylic acids is 2. The molecule has 2 aromatic heterocycles. The molecule has 4 rings (SSSR count). The molecule has 1 aromatic carbocycles. The van der Waals surface area contributed by atoms with Crippen molar-refractivity contribution in [3.63, 3.8) is 0 Å². The number of rotatable bonds is 3. The van der Waals surface area contributed by atoms with Crippen molar-refractivity contribution in [2.24, 2.45) is 0 Å². The summed E-state index contributed by atoms with van der Waals surface area (Å²) in [7, 11) is 1.51. The molecule has 0 radical (unpaired) electrons. The molecule has 1 aliphatic heterocycles. The van der Waals surface area contributed by atoms with Crippen LogP contribution >= 0.6 is 0 Å². The number of fused-ring (bicyclic) bond motifs is 1. The van der Waals surface area contributed by atoms with Crippen LogP contribution in [0.5, 0.6) is 5.75 Å². The smallest absolute Gasteiger partial charge is 0.342 e. The van der Waals surface area contributed by atoms with Crippen LogP contribution in [-0.4, -0.2) is 46.4 Å². The first-order chi connectivity index (χ1) is 14.0. The van der Waals surface area contributed by atoms with Crippen molar-refractivity contribution in [3.8, 4) is 5.75 Å². The van der Waals surface area contributed by atoms with Gasteiger partial charge in [0.05, 0.1) is 12.4 Å². The minimum absolute atomic E-state index is 0.135. The molecule has 0 saturated heterocycles. The maximum atomic E-state index is 13.4. The lowest BCUT2D eigenvalue weighted by atomic mass is 10.1. The summed E-state index contributed by atoms with van der Waals surface area (Å²) in [6, 6.07) is 9.40. The van der Waals surface area contributed by atoms with Crippen LogP contribution in [-0.2, 0) is 11.2 Å². The van der Waals surface area contributed by atoms with Crippen LogP contribution in [0.25, 0.3) is 0 Å². The standard InChI is InChI=1S/C20H18FN5O3/c1-25-16-10-22-18(21)8-17(16)29-12-15(19(25)27)24-20(28)26-11-14(9-23-26)7-13-5-3-2-4-6-13/h2-6,8-11,15H,7,12H2,1H3,(H,24,28)/t15-/m0/s1. The molecule has 1 aliphatic rings. The molecule has 1 N–H and O–H groups in total. The van der Waals surface area contributed by atoms with Crippen molar-refractivity contribution in [1.82, 2.24) is 20.1 Å². The number of likely N-dealkylation sites (N-methyl/N-ethyl adjacent to an activating group) is 1. The van der Waals surface area contributed by atoms with E-state index in [1.54, 1.807) is 12.4 Å². The van der Waals surface area contributed by atoms with Crippen molar-refractivity contribution in [2.45, 2.75) is 12.5 Å². The van der Waals surface area contributed by atoms with E-state index in [0.717, 1.165) is 21.9 Å². The number of nitrogens with zero attached hydrogens (tertiary/aromatic N) is 4. The third-order valence-corrected chi connectivity index (χ3v) is 4.60. The van der Waals surface area contributed by atoms with Gasteiger partial charge in [0, 0.05) is 25.7 Å². The second-order valence-electron chi connectivity index (χ2n) is 6.64. The van der Waals surface area contributed by atoms with Crippen LogP contribution in [0.4, 0.5) is 14.9 Å². The van der Waals surface area contributed by atoms with Crippen LogP contribution in [0.1, 0.15) is 11.1 Å². The number of amides is 2. The van der Waals surface area contributed by atoms with E-state index >= 15 is 0 Å². The van der Waals surface area contributed by atoms with E-state index in [2.05, 4.69) is 15.4 Å². The Morgan fingerprint density at radius 1 is 1.28 bits per heavy atom. The highest BCUT2D eigenvalue weighted by molar-refractivity contribution is 6.00. The van der Waals surface area contributed by atoms with Gasteiger partial charge in [0.1, 0.15) is 24.1 Å². The van der Waals surface area contributed by atoms with E-state index in [0.29, 0.717) is 12.1 Å². The first-order valence-corrected chi connectivity index (χ1v) is 8.95. The average Bonchev–Trinajstić information content (AvgIpc) is 3.15. The fourth-order valence-corrected chi connectivity index (χ4v) is 3.08. The van der Waals surface area contributed by atoms with Gasteiger partial charge < -0.3 is 15.0 Å². The maximum absolute atomic E-state index is 13.4. The zero-order valence-corrected chi connectivity index (χ0v) is 15.6. The van der Waals surface area contributed by atoms with E-state index in [-0.39, 0.29) is 12.4 Å². The molecule has 0 spiro atoms. The third-order valence-electron chi connectivity index (χ3n) is 4.60. The summed E-state index contributed by atoms with van der Waals surface area (Å²) in [5, 5.41) is 6.69. The number of hydrogen-bond acceptors (Lipinski definition) is 5. The Hall–Kier alpha value is -3.75. The highest BCUT2D eigenvalue weighted by atomic mass is 19.1. The topological polar surface area (TPSA) is 89.4 Å². The number of aromatic nitrogens is 3. The second-order valence-corrected chi connectivity index (χ2v) is 6.64. The molecule has 2 amide bonds. The summed E-state index contributed by atoms with van der Waals surface area (Å²) < 4.78 is 20.0. The molecular formula is C20H18FN5O3. The van der Waals surface area contributed by atoms with Crippen LogP contribution in [0.15, 0.2) is 55.0 Å². The summed E-state index contributed by atoms with van der Waals surface area (Å²) in [5.74, 6) is -0.925. The van der Waals surface area contributed by atoms with E-state index in [1.165, 1.54) is 18.1 Å². The van der Waals surface area contributed by atoms with E-state index < -0.39 is 23.9 Å². The minimum Gasteiger partial charge on any atom is -0.488 e. The van der Waals surface area contributed by atoms with Crippen LogP contribution in [0, 0.1) is 5.95 Å². The molecule has 8 nitrogen and oxygen atoms in total. The average molecular weight is 395 g/mol. The normalized spacial score (nSPS) is 16.0. The molecular weight excluding hydrogens is 377 g/mol. The van der Waals surface area contributed by atoms with Crippen molar-refractivity contribution in [1.29, 1.82) is 0 Å². The van der Waals surface area contributed by atoms with Gasteiger partial charge >= 0.3 is 6.03 Å². The predicted molar refractivity (Wildman–Crippen MR) is 102 cm³/mol. The fraction of sp³-hybridized carbons (Fsp3) is 0.200. The van der Waals surface area contributed by atoms with E-state index in [9.17, 15) is 14.0 Å². The maximum Gasteiger partial charge on any atom is 0.342 e. The van der Waals surface area contributed by atoms with Gasteiger partial charge in [-0.05, 0) is 11.1 Å². The second kappa shape index (κ2) is 7.70. The number of carbonyl (C=O) groups is 2. The number of halogens is 1. The SMILES string of the molecule is CN1C(=O)[C@@H](NC(=O)n2cc(Cc3ccccc3)cn2)COc2cc(F)ncc21. The van der Waals surface area contributed by atoms with Crippen LogP contribution < -0.4 is 15.0 Å². The number of anilines is 1. The molecule has 1 atom stereocenters. The van der Waals surface area contributed by atoms with Gasteiger partial charge in [0.15, 0.2) is 0 Å². The van der Waals surface area contributed by atoms with Gasteiger partial charge in [0.25, 0.3) is 5.91 Å². The Morgan fingerprint density at radius 3 is 2.86 bits per heavy atom. The summed E-state index contributed by atoms with van der Waals surface area (Å²) >= 11 is 0. The van der Waals surface area contributed by atoms with Crippen molar-refractivity contribution >= 4 is 17.6 Å². The van der Waals surface area contributed by atoms with Gasteiger partial charge in [-0.3, -0.25) is 4.79 Å². The number of benzene rings is 1. The number of nitrogens with one attached hydrogen (secondary N) is 1. The molecule has 29 heavy (non-hydrogen) atoms. The Bertz CT molecular complexity index is 1050. The van der Waals surface area contributed by atoms with Gasteiger partial charge in [-0.25, -0.2) is 9.78 Å². The van der Waals surface area contributed by atoms with E-state index in [1.807, 2.05) is 30.3 Å². The molecule has 0 saturated carbocycles. The predicted octanol–water partition coefficient (Wildman–Crippen LogP) is 1.99. The lowest BCUT2D eigenvalue weighted by Crippen LogP contribution is -2.50. The highest BCUT2D eigenvalue weighted by Crippen LogP contribution is 2.29. The third kappa shape index (κ3) is 3.93. The van der Waals surface area contributed by atoms with E-state index in [4.69, 9.17) is 4.74 Å². The summed E-state index contributed by atoms with van der Waals surface area (Å²) in [6.07, 6.45) is 5.07. The number of hydrogen-bond donors (Lipinski definition) is 1. The molecule has 0 aliphatic carbocycles. The number of ether oxygens (including phenoxy) is 1. The zero-order valence-electron chi connectivity index (χ0n) is 15.6. The molecule has 0 bridgehead atoms. The summed E-state index contributed by atoms with van der Waals surface area (Å²) in [5.41, 5.74) is 2.29. The molecule has 0 fully saturated rings. The largest absolute Gasteiger partial charge is 0.488 e. The van der Waals surface area contributed by atoms with Crippen molar-refractivity contribution in [3.05, 3.63) is 72.1 Å². The molecule has 3 aromatic rings. The lowest BCUT2D eigenvalue weighted by molar-refractivity contribution is -0.120. The summed E-state index contributed by atoms with van der Waals surface area (Å²) in [4.78, 5) is 30.1. The molecule has 3 heterocycles. The highest BCUT2D eigenvalue weighted by Gasteiger charge is 2.31. The first kappa shape index (κ1) is 18.6. The molecule has 0 unspecified atom stereocenters. The van der Waals surface area contributed by atoms with Crippen molar-refractivity contribution < 1.29 is 18.7 Å². The molecule has 148 valence electrons. The van der Waals surface area contributed by atoms with Gasteiger partial charge in [0.2, 0.25) is 5.95 Å². The van der Waals surface area contributed by atoms with Crippen molar-refractivity contribution in [2.75, 3.05) is 18.6 Å². The van der Waals surface area contributed by atoms with Gasteiger partial charge in [-0.1, -0.05) is 30.3 Å². The Balaban J connectivity index is 1.45. The van der Waals surface area contributed by atoms with Crippen LogP contribution in [0.3, 0.4) is 0 Å². The molecule has 9 heteroatoms. The van der Waals surface area contributed by atoms with Gasteiger partial charge in [-0.15, -0.1) is 0 Å². The zero-order chi connectivity index (χ0) is 20.4. The monoisotopic (exact) mass is 395 g/mol. The quantitative estimate of drug-likeness (QED) is 0.685.